The predicted octanol–water partition coefficient (Wildman–Crippen LogP) is 0.0400. The maximum atomic E-state index is 11.0. The summed E-state index contributed by atoms with van der Waals surface area (Å²) in [7, 11) is 0. The maximum Gasteiger partial charge on any atom is 0.321 e. The molecule has 0 rings (SSSR count). The number of carboxylic acids is 1. The highest BCUT2D eigenvalue weighted by Gasteiger charge is 2.07. The molecule has 0 bridgehead atoms. The molecule has 0 spiro atoms. The summed E-state index contributed by atoms with van der Waals surface area (Å²) in [5, 5.41) is 12.8. The smallest absolute Gasteiger partial charge is 0.321 e. The number of urea groups is 1. The van der Waals surface area contributed by atoms with Crippen LogP contribution < -0.4 is 10.6 Å². The average Bonchev–Trinajstić information content (AvgIpc) is 2.14. The summed E-state index contributed by atoms with van der Waals surface area (Å²) in [6.07, 6.45) is 0.787. The van der Waals surface area contributed by atoms with Gasteiger partial charge in [-0.05, 0) is 6.42 Å². The second-order valence-corrected chi connectivity index (χ2v) is 3.68. The Kier molecular flexibility index (Phi) is 7.43. The summed E-state index contributed by atoms with van der Waals surface area (Å²) in [6, 6.07) is -0.544. The number of thioether (sulfide) groups is 1. The molecule has 3 amide bonds. The number of hydrogen-bond acceptors (Lipinski definition) is 4. The first-order valence-corrected chi connectivity index (χ1v) is 5.59. The van der Waals surface area contributed by atoms with Crippen molar-refractivity contribution in [2.45, 2.75) is 13.3 Å². The van der Waals surface area contributed by atoms with Crippen LogP contribution in [0.3, 0.4) is 0 Å². The second kappa shape index (κ2) is 8.10. The molecule has 0 heterocycles. The highest BCUT2D eigenvalue weighted by molar-refractivity contribution is 8.00. The van der Waals surface area contributed by atoms with Gasteiger partial charge in [0, 0.05) is 6.54 Å². The van der Waals surface area contributed by atoms with Gasteiger partial charge in [0.15, 0.2) is 0 Å². The molecule has 0 radical (unpaired) electrons. The Morgan fingerprint density at radius 3 is 2.47 bits per heavy atom. The third kappa shape index (κ3) is 9.07. The number of hydrogen-bond donors (Lipinski definition) is 3. The van der Waals surface area contributed by atoms with Crippen molar-refractivity contribution in [3.63, 3.8) is 0 Å². The molecule has 0 saturated heterocycles. The standard InChI is InChI=1S/C8H14N2O4S/c1-2-3-9-8(14)10-6(11)4-15-5-7(12)13/h2-5H2,1H3,(H,12,13)(H2,9,10,11,14). The molecule has 0 unspecified atom stereocenters. The van der Waals surface area contributed by atoms with Crippen LogP contribution in [-0.4, -0.2) is 41.1 Å². The second-order valence-electron chi connectivity index (χ2n) is 2.69. The van der Waals surface area contributed by atoms with E-state index in [1.807, 2.05) is 6.92 Å². The summed E-state index contributed by atoms with van der Waals surface area (Å²) in [6.45, 7) is 2.40. The largest absolute Gasteiger partial charge is 0.481 e. The first kappa shape index (κ1) is 13.8. The predicted molar refractivity (Wildman–Crippen MR) is 56.8 cm³/mol. The van der Waals surface area contributed by atoms with E-state index in [0.717, 1.165) is 18.2 Å². The first-order valence-electron chi connectivity index (χ1n) is 4.43. The van der Waals surface area contributed by atoms with Gasteiger partial charge in [0.25, 0.3) is 0 Å². The van der Waals surface area contributed by atoms with Crippen molar-refractivity contribution in [1.29, 1.82) is 0 Å². The van der Waals surface area contributed by atoms with E-state index in [1.54, 1.807) is 0 Å². The minimum Gasteiger partial charge on any atom is -0.481 e. The van der Waals surface area contributed by atoms with Crippen molar-refractivity contribution in [3.8, 4) is 0 Å². The summed E-state index contributed by atoms with van der Waals surface area (Å²) in [4.78, 5) is 32.1. The zero-order chi connectivity index (χ0) is 11.7. The number of amides is 3. The summed E-state index contributed by atoms with van der Waals surface area (Å²) >= 11 is 0.944. The van der Waals surface area contributed by atoms with Crippen LogP contribution in [-0.2, 0) is 9.59 Å². The number of imide groups is 1. The van der Waals surface area contributed by atoms with Gasteiger partial charge in [0.05, 0.1) is 11.5 Å². The van der Waals surface area contributed by atoms with Crippen LogP contribution in [0.2, 0.25) is 0 Å². The lowest BCUT2D eigenvalue weighted by Crippen LogP contribution is -2.40. The van der Waals surface area contributed by atoms with Crippen LogP contribution in [0, 0.1) is 0 Å². The summed E-state index contributed by atoms with van der Waals surface area (Å²) in [5.41, 5.74) is 0. The van der Waals surface area contributed by atoms with E-state index in [0.29, 0.717) is 6.54 Å². The Bertz CT molecular complexity index is 245. The Labute approximate surface area is 91.8 Å². The van der Waals surface area contributed by atoms with Crippen molar-refractivity contribution in [2.24, 2.45) is 0 Å². The van der Waals surface area contributed by atoms with E-state index in [4.69, 9.17) is 5.11 Å². The van der Waals surface area contributed by atoms with Crippen molar-refractivity contribution >= 4 is 29.7 Å². The normalized spacial score (nSPS) is 9.40. The Morgan fingerprint density at radius 2 is 1.93 bits per heavy atom. The van der Waals surface area contributed by atoms with Crippen LogP contribution >= 0.6 is 11.8 Å². The summed E-state index contributed by atoms with van der Waals surface area (Å²) in [5.74, 6) is -1.66. The van der Waals surface area contributed by atoms with Gasteiger partial charge in [-0.15, -0.1) is 11.8 Å². The first-order chi connectivity index (χ1) is 7.06. The molecule has 15 heavy (non-hydrogen) atoms. The lowest BCUT2D eigenvalue weighted by atomic mass is 10.5. The fourth-order valence-electron chi connectivity index (χ4n) is 0.676. The van der Waals surface area contributed by atoms with Gasteiger partial charge < -0.3 is 10.4 Å². The van der Waals surface area contributed by atoms with Crippen LogP contribution in [0.1, 0.15) is 13.3 Å². The molecular formula is C8H14N2O4S. The molecule has 0 aromatic heterocycles. The lowest BCUT2D eigenvalue weighted by Gasteiger charge is -2.04. The summed E-state index contributed by atoms with van der Waals surface area (Å²) < 4.78 is 0. The number of carbonyl (C=O) groups is 3. The molecule has 86 valence electrons. The van der Waals surface area contributed by atoms with Crippen molar-refractivity contribution < 1.29 is 19.5 Å². The Balaban J connectivity index is 3.55. The van der Waals surface area contributed by atoms with Crippen molar-refractivity contribution in [3.05, 3.63) is 0 Å². The Hall–Kier alpha value is -1.24. The lowest BCUT2D eigenvalue weighted by molar-refractivity contribution is -0.133. The SMILES string of the molecule is CCCNC(=O)NC(=O)CSCC(=O)O. The van der Waals surface area contributed by atoms with Gasteiger partial charge in [0.1, 0.15) is 0 Å². The zero-order valence-electron chi connectivity index (χ0n) is 8.41. The topological polar surface area (TPSA) is 95.5 Å². The van der Waals surface area contributed by atoms with E-state index in [9.17, 15) is 14.4 Å². The molecule has 0 atom stereocenters. The van der Waals surface area contributed by atoms with Crippen LogP contribution in [0.15, 0.2) is 0 Å². The fraction of sp³-hybridized carbons (Fsp3) is 0.625. The number of aliphatic carboxylic acids is 1. The fourth-order valence-corrected chi connectivity index (χ4v) is 1.21. The molecule has 0 aliphatic heterocycles. The third-order valence-electron chi connectivity index (χ3n) is 1.25. The molecule has 0 fully saturated rings. The molecule has 0 aromatic carbocycles. The van der Waals surface area contributed by atoms with Gasteiger partial charge in [-0.25, -0.2) is 4.79 Å². The van der Waals surface area contributed by atoms with Crippen molar-refractivity contribution in [1.82, 2.24) is 10.6 Å². The molecule has 0 aliphatic rings. The average molecular weight is 234 g/mol. The maximum absolute atomic E-state index is 11.0. The number of carbonyl (C=O) groups excluding carboxylic acids is 2. The van der Waals surface area contributed by atoms with Crippen molar-refractivity contribution in [2.75, 3.05) is 18.1 Å². The Morgan fingerprint density at radius 1 is 1.27 bits per heavy atom. The van der Waals surface area contributed by atoms with E-state index < -0.39 is 17.9 Å². The number of carboxylic acid groups (broad SMARTS) is 1. The molecule has 0 saturated carbocycles. The minimum absolute atomic E-state index is 0.0359. The van der Waals surface area contributed by atoms with Gasteiger partial charge >= 0.3 is 12.0 Å². The molecule has 0 aromatic rings. The monoisotopic (exact) mass is 234 g/mol. The third-order valence-corrected chi connectivity index (χ3v) is 2.16. The van der Waals surface area contributed by atoms with Gasteiger partial charge in [-0.2, -0.15) is 0 Å². The molecule has 6 nitrogen and oxygen atoms in total. The van der Waals surface area contributed by atoms with Crippen LogP contribution in [0.4, 0.5) is 4.79 Å². The van der Waals surface area contributed by atoms with Crippen LogP contribution in [0.5, 0.6) is 0 Å². The van der Waals surface area contributed by atoms with Crippen LogP contribution in [0.25, 0.3) is 0 Å². The molecule has 7 heteroatoms. The minimum atomic E-state index is -0.983. The molecule has 0 aliphatic carbocycles. The van der Waals surface area contributed by atoms with E-state index >= 15 is 0 Å². The van der Waals surface area contributed by atoms with E-state index in [1.165, 1.54) is 0 Å². The highest BCUT2D eigenvalue weighted by atomic mass is 32.2. The highest BCUT2D eigenvalue weighted by Crippen LogP contribution is 1.97. The van der Waals surface area contributed by atoms with E-state index in [2.05, 4.69) is 10.6 Å². The molecule has 3 N–H and O–H groups in total. The van der Waals surface area contributed by atoms with Gasteiger partial charge in [0.2, 0.25) is 5.91 Å². The van der Waals surface area contributed by atoms with E-state index in [-0.39, 0.29) is 11.5 Å². The molecular weight excluding hydrogens is 220 g/mol. The number of rotatable bonds is 6. The quantitative estimate of drug-likeness (QED) is 0.603. The van der Waals surface area contributed by atoms with Gasteiger partial charge in [-0.1, -0.05) is 6.92 Å². The number of nitrogens with one attached hydrogen (secondary N) is 2. The zero-order valence-corrected chi connectivity index (χ0v) is 9.23. The van der Waals surface area contributed by atoms with Gasteiger partial charge in [-0.3, -0.25) is 14.9 Å².